The summed E-state index contributed by atoms with van der Waals surface area (Å²) < 4.78 is 5.32. The zero-order valence-electron chi connectivity index (χ0n) is 14.2. The predicted molar refractivity (Wildman–Crippen MR) is 91.0 cm³/mol. The highest BCUT2D eigenvalue weighted by atomic mass is 16.5. The van der Waals surface area contributed by atoms with Crippen molar-refractivity contribution in [2.45, 2.75) is 64.3 Å². The summed E-state index contributed by atoms with van der Waals surface area (Å²) in [6.45, 7) is 1.53. The Hall–Kier alpha value is -1.84. The number of Topliss-reactive ketones (excluding diaryl/α,β-unsaturated/α-hetero) is 1. The lowest BCUT2D eigenvalue weighted by Crippen LogP contribution is -2.36. The first-order valence-corrected chi connectivity index (χ1v) is 8.57. The number of hydrogen-bond donors (Lipinski definition) is 1. The molecule has 1 N–H and O–H groups in total. The van der Waals surface area contributed by atoms with Crippen LogP contribution in [0, 0.1) is 0 Å². The largest absolute Gasteiger partial charge is 0.496 e. The number of hydrogen-bond acceptors (Lipinski definition) is 3. The van der Waals surface area contributed by atoms with Gasteiger partial charge in [0, 0.05) is 17.2 Å². The summed E-state index contributed by atoms with van der Waals surface area (Å²) in [5, 5.41) is 3.16. The van der Waals surface area contributed by atoms with Crippen molar-refractivity contribution in [2.24, 2.45) is 0 Å². The Bertz CT molecular complexity index is 546. The molecule has 0 radical (unpaired) electrons. The molecule has 0 spiro atoms. The third kappa shape index (κ3) is 5.38. The van der Waals surface area contributed by atoms with Gasteiger partial charge in [-0.3, -0.25) is 9.59 Å². The molecule has 0 aromatic heterocycles. The van der Waals surface area contributed by atoms with Gasteiger partial charge in [-0.15, -0.1) is 0 Å². The first-order chi connectivity index (χ1) is 11.1. The van der Waals surface area contributed by atoms with Crippen molar-refractivity contribution >= 4 is 11.7 Å². The van der Waals surface area contributed by atoms with Crippen molar-refractivity contribution in [3.8, 4) is 5.75 Å². The number of amides is 1. The molecule has 1 saturated carbocycles. The Morgan fingerprint density at radius 2 is 1.78 bits per heavy atom. The maximum absolute atomic E-state index is 12.4. The second kappa shape index (κ2) is 8.70. The highest BCUT2D eigenvalue weighted by Gasteiger charge is 2.16. The number of carbonyl (C=O) groups is 2. The van der Waals surface area contributed by atoms with Gasteiger partial charge in [-0.1, -0.05) is 32.1 Å². The van der Waals surface area contributed by atoms with Crippen LogP contribution in [0.1, 0.15) is 67.8 Å². The van der Waals surface area contributed by atoms with Crippen LogP contribution < -0.4 is 10.1 Å². The average molecular weight is 317 g/mol. The van der Waals surface area contributed by atoms with Gasteiger partial charge in [0.15, 0.2) is 5.78 Å². The molecule has 1 aromatic carbocycles. The standard InChI is InChI=1S/C19H27NO3/c1-14(21)15-10-11-18(23-2)16(12-15)13-19(22)20-17-8-6-4-3-5-7-9-17/h10-12,17H,3-9,13H2,1-2H3,(H,20,22). The number of methoxy groups -OCH3 is 1. The predicted octanol–water partition coefficient (Wildman–Crippen LogP) is 3.67. The smallest absolute Gasteiger partial charge is 0.224 e. The molecule has 4 nitrogen and oxygen atoms in total. The Labute approximate surface area is 138 Å². The van der Waals surface area contributed by atoms with Gasteiger partial charge in [-0.2, -0.15) is 0 Å². The highest BCUT2D eigenvalue weighted by molar-refractivity contribution is 5.94. The summed E-state index contributed by atoms with van der Waals surface area (Å²) in [7, 11) is 1.58. The number of carbonyl (C=O) groups excluding carboxylic acids is 2. The molecule has 0 unspecified atom stereocenters. The summed E-state index contributed by atoms with van der Waals surface area (Å²) >= 11 is 0. The normalized spacial score (nSPS) is 16.3. The summed E-state index contributed by atoms with van der Waals surface area (Å²) in [5.41, 5.74) is 1.38. The van der Waals surface area contributed by atoms with Crippen LogP contribution in [0.5, 0.6) is 5.75 Å². The molecule has 126 valence electrons. The fraction of sp³-hybridized carbons (Fsp3) is 0.579. The number of benzene rings is 1. The van der Waals surface area contributed by atoms with Crippen LogP contribution in [0.4, 0.5) is 0 Å². The van der Waals surface area contributed by atoms with Gasteiger partial charge in [0.2, 0.25) is 5.91 Å². The van der Waals surface area contributed by atoms with Gasteiger partial charge < -0.3 is 10.1 Å². The Balaban J connectivity index is 2.00. The molecule has 4 heteroatoms. The molecule has 0 bridgehead atoms. The molecular weight excluding hydrogens is 290 g/mol. The summed E-state index contributed by atoms with van der Waals surface area (Å²) in [6, 6.07) is 5.54. The molecule has 23 heavy (non-hydrogen) atoms. The van der Waals surface area contributed by atoms with Crippen LogP contribution in [0.2, 0.25) is 0 Å². The zero-order chi connectivity index (χ0) is 16.7. The van der Waals surface area contributed by atoms with Crippen LogP contribution in [-0.2, 0) is 11.2 Å². The third-order valence-corrected chi connectivity index (χ3v) is 4.51. The van der Waals surface area contributed by atoms with Gasteiger partial charge in [0.25, 0.3) is 0 Å². The molecule has 1 fully saturated rings. The van der Waals surface area contributed by atoms with Crippen LogP contribution in [-0.4, -0.2) is 24.8 Å². The minimum Gasteiger partial charge on any atom is -0.496 e. The average Bonchev–Trinajstić information content (AvgIpc) is 2.49. The Morgan fingerprint density at radius 3 is 2.39 bits per heavy atom. The molecular formula is C19H27NO3. The minimum atomic E-state index is -0.00525. The van der Waals surface area contributed by atoms with Gasteiger partial charge >= 0.3 is 0 Å². The molecule has 0 aliphatic heterocycles. The van der Waals surface area contributed by atoms with Crippen molar-refractivity contribution in [2.75, 3.05) is 7.11 Å². The van der Waals surface area contributed by atoms with Gasteiger partial charge in [-0.05, 0) is 38.0 Å². The van der Waals surface area contributed by atoms with E-state index in [9.17, 15) is 9.59 Å². The fourth-order valence-electron chi connectivity index (χ4n) is 3.19. The van der Waals surface area contributed by atoms with Crippen LogP contribution >= 0.6 is 0 Å². The first-order valence-electron chi connectivity index (χ1n) is 8.57. The first kappa shape index (κ1) is 17.5. The molecule has 1 aliphatic carbocycles. The molecule has 1 aromatic rings. The Morgan fingerprint density at radius 1 is 1.13 bits per heavy atom. The summed E-state index contributed by atoms with van der Waals surface area (Å²) in [6.07, 6.45) is 8.60. The van der Waals surface area contributed by atoms with E-state index in [4.69, 9.17) is 4.74 Å². The fourth-order valence-corrected chi connectivity index (χ4v) is 3.19. The van der Waals surface area contributed by atoms with E-state index in [1.165, 1.54) is 39.0 Å². The second-order valence-corrected chi connectivity index (χ2v) is 6.37. The van der Waals surface area contributed by atoms with E-state index in [1.807, 2.05) is 0 Å². The van der Waals surface area contributed by atoms with Crippen molar-refractivity contribution in [1.82, 2.24) is 5.32 Å². The lowest BCUT2D eigenvalue weighted by Gasteiger charge is -2.21. The lowest BCUT2D eigenvalue weighted by molar-refractivity contribution is -0.121. The number of ether oxygens (including phenoxy) is 1. The molecule has 0 saturated heterocycles. The zero-order valence-corrected chi connectivity index (χ0v) is 14.2. The van der Waals surface area contributed by atoms with E-state index in [2.05, 4.69) is 5.32 Å². The molecule has 1 aliphatic rings. The van der Waals surface area contributed by atoms with Crippen molar-refractivity contribution < 1.29 is 14.3 Å². The third-order valence-electron chi connectivity index (χ3n) is 4.51. The van der Waals surface area contributed by atoms with E-state index < -0.39 is 0 Å². The topological polar surface area (TPSA) is 55.4 Å². The van der Waals surface area contributed by atoms with Crippen molar-refractivity contribution in [1.29, 1.82) is 0 Å². The molecule has 1 amide bonds. The van der Waals surface area contributed by atoms with Crippen LogP contribution in [0.25, 0.3) is 0 Å². The maximum Gasteiger partial charge on any atom is 0.224 e. The Kier molecular flexibility index (Phi) is 6.63. The minimum absolute atomic E-state index is 0.00525. The molecule has 0 atom stereocenters. The van der Waals surface area contributed by atoms with E-state index in [1.54, 1.807) is 25.3 Å². The van der Waals surface area contributed by atoms with Crippen LogP contribution in [0.3, 0.4) is 0 Å². The van der Waals surface area contributed by atoms with E-state index in [0.717, 1.165) is 18.4 Å². The van der Waals surface area contributed by atoms with E-state index in [0.29, 0.717) is 11.3 Å². The van der Waals surface area contributed by atoms with Gasteiger partial charge in [0.05, 0.1) is 13.5 Å². The lowest BCUT2D eigenvalue weighted by atomic mass is 9.96. The summed E-state index contributed by atoms with van der Waals surface area (Å²) in [5.74, 6) is 0.659. The molecule has 2 rings (SSSR count). The SMILES string of the molecule is COc1ccc(C(C)=O)cc1CC(=O)NC1CCCCCCC1. The van der Waals surface area contributed by atoms with Gasteiger partial charge in [-0.25, -0.2) is 0 Å². The number of nitrogens with one attached hydrogen (secondary N) is 1. The van der Waals surface area contributed by atoms with E-state index in [-0.39, 0.29) is 24.2 Å². The number of ketones is 1. The summed E-state index contributed by atoms with van der Waals surface area (Å²) in [4.78, 5) is 23.9. The second-order valence-electron chi connectivity index (χ2n) is 6.37. The van der Waals surface area contributed by atoms with Gasteiger partial charge in [0.1, 0.15) is 5.75 Å². The number of rotatable bonds is 5. The quantitative estimate of drug-likeness (QED) is 0.843. The molecule has 0 heterocycles. The monoisotopic (exact) mass is 317 g/mol. The van der Waals surface area contributed by atoms with Crippen LogP contribution in [0.15, 0.2) is 18.2 Å². The highest BCUT2D eigenvalue weighted by Crippen LogP contribution is 2.22. The van der Waals surface area contributed by atoms with Crippen molar-refractivity contribution in [3.63, 3.8) is 0 Å². The van der Waals surface area contributed by atoms with Crippen molar-refractivity contribution in [3.05, 3.63) is 29.3 Å². The van der Waals surface area contributed by atoms with E-state index >= 15 is 0 Å². The maximum atomic E-state index is 12.4.